The number of hydrogen-bond acceptors (Lipinski definition) is 6. The fraction of sp³-hybridized carbons (Fsp3) is 0.727. The molecule has 6 nitrogen and oxygen atoms in total. The predicted molar refractivity (Wildman–Crippen MR) is 55.8 cm³/mol. The molecule has 96 valence electrons. The van der Waals surface area contributed by atoms with E-state index < -0.39 is 30.0 Å². The largest absolute Gasteiger partial charge is 0.488 e. The van der Waals surface area contributed by atoms with Gasteiger partial charge in [-0.1, -0.05) is 0 Å². The molecule has 0 saturated carbocycles. The lowest BCUT2D eigenvalue weighted by molar-refractivity contribution is -0.149. The number of Topliss-reactive ketones (excluding diaryl/α,β-unsaturated/α-hetero) is 1. The molecular formula is C11H16O6. The lowest BCUT2D eigenvalue weighted by atomic mass is 9.81. The minimum Gasteiger partial charge on any atom is -0.488 e. The Morgan fingerprint density at radius 2 is 1.65 bits per heavy atom. The van der Waals surface area contributed by atoms with Gasteiger partial charge >= 0.3 is 0 Å². The van der Waals surface area contributed by atoms with Crippen molar-refractivity contribution in [2.45, 2.75) is 50.3 Å². The first kappa shape index (κ1) is 12.5. The first-order valence-electron chi connectivity index (χ1n) is 5.43. The van der Waals surface area contributed by atoms with Crippen LogP contribution in [0.2, 0.25) is 0 Å². The van der Waals surface area contributed by atoms with Gasteiger partial charge in [0.1, 0.15) is 35.8 Å². The molecule has 0 spiro atoms. The second-order valence-corrected chi connectivity index (χ2v) is 5.11. The number of ether oxygens (including phenoxy) is 1. The lowest BCUT2D eigenvalue weighted by Crippen LogP contribution is -2.55. The Kier molecular flexibility index (Phi) is 2.78. The summed E-state index contributed by atoms with van der Waals surface area (Å²) < 4.78 is 5.43. The average Bonchev–Trinajstić information content (AvgIpc) is 2.21. The Bertz CT molecular complexity index is 385. The van der Waals surface area contributed by atoms with Crippen LogP contribution in [0.5, 0.6) is 0 Å². The van der Waals surface area contributed by atoms with E-state index in [1.807, 2.05) is 0 Å². The number of aliphatic hydroxyl groups excluding tert-OH is 4. The van der Waals surface area contributed by atoms with Gasteiger partial charge in [-0.05, 0) is 13.8 Å². The quantitative estimate of drug-likeness (QED) is 0.411. The Morgan fingerprint density at radius 1 is 1.12 bits per heavy atom. The van der Waals surface area contributed by atoms with Crippen molar-refractivity contribution in [3.63, 3.8) is 0 Å². The molecule has 0 amide bonds. The minimum atomic E-state index is -1.59. The van der Waals surface area contributed by atoms with Crippen LogP contribution in [0.1, 0.15) is 20.3 Å². The maximum absolute atomic E-state index is 11.9. The smallest absolute Gasteiger partial charge is 0.169 e. The fourth-order valence-electron chi connectivity index (χ4n) is 2.24. The van der Waals surface area contributed by atoms with Gasteiger partial charge in [-0.3, -0.25) is 4.79 Å². The first-order chi connectivity index (χ1) is 7.74. The van der Waals surface area contributed by atoms with Crippen molar-refractivity contribution in [1.29, 1.82) is 0 Å². The summed E-state index contributed by atoms with van der Waals surface area (Å²) in [6, 6.07) is 0. The summed E-state index contributed by atoms with van der Waals surface area (Å²) in [5.41, 5.74) is -0.923. The predicted octanol–water partition coefficient (Wildman–Crippen LogP) is -1.53. The molecular weight excluding hydrogens is 228 g/mol. The number of carbonyl (C=O) groups is 1. The lowest BCUT2D eigenvalue weighted by Gasteiger charge is -2.42. The number of carbonyl (C=O) groups excluding carboxylic acids is 1. The van der Waals surface area contributed by atoms with Crippen LogP contribution in [0.3, 0.4) is 0 Å². The molecule has 1 aliphatic heterocycles. The van der Waals surface area contributed by atoms with Gasteiger partial charge in [-0.15, -0.1) is 0 Å². The molecule has 0 saturated heterocycles. The summed E-state index contributed by atoms with van der Waals surface area (Å²) >= 11 is 0. The van der Waals surface area contributed by atoms with E-state index in [1.165, 1.54) is 0 Å². The van der Waals surface area contributed by atoms with Crippen molar-refractivity contribution in [3.8, 4) is 0 Å². The molecule has 1 aliphatic carbocycles. The zero-order valence-electron chi connectivity index (χ0n) is 9.62. The van der Waals surface area contributed by atoms with Gasteiger partial charge in [0.05, 0.1) is 12.0 Å². The highest BCUT2D eigenvalue weighted by Crippen LogP contribution is 2.37. The number of aliphatic hydroxyl groups is 4. The normalized spacial score (nSPS) is 40.9. The maximum Gasteiger partial charge on any atom is 0.169 e. The van der Waals surface area contributed by atoms with E-state index in [0.29, 0.717) is 0 Å². The van der Waals surface area contributed by atoms with E-state index in [-0.39, 0.29) is 23.5 Å². The van der Waals surface area contributed by atoms with Gasteiger partial charge in [-0.2, -0.15) is 0 Å². The summed E-state index contributed by atoms with van der Waals surface area (Å²) in [5, 5.41) is 38.5. The minimum absolute atomic E-state index is 0.0540. The number of rotatable bonds is 0. The zero-order valence-corrected chi connectivity index (χ0v) is 9.62. The summed E-state index contributed by atoms with van der Waals surface area (Å²) in [6.45, 7) is 3.34. The molecule has 0 aromatic heterocycles. The van der Waals surface area contributed by atoms with Crippen molar-refractivity contribution in [2.75, 3.05) is 0 Å². The topological polar surface area (TPSA) is 107 Å². The maximum atomic E-state index is 11.9. The monoisotopic (exact) mass is 244 g/mol. The molecule has 4 atom stereocenters. The fourth-order valence-corrected chi connectivity index (χ4v) is 2.24. The van der Waals surface area contributed by atoms with Crippen LogP contribution in [-0.4, -0.2) is 56.2 Å². The van der Waals surface area contributed by atoms with Crippen molar-refractivity contribution < 1.29 is 30.0 Å². The van der Waals surface area contributed by atoms with Gasteiger partial charge in [0.2, 0.25) is 0 Å². The average molecular weight is 244 g/mol. The van der Waals surface area contributed by atoms with Crippen LogP contribution in [0.25, 0.3) is 0 Å². The summed E-state index contributed by atoms with van der Waals surface area (Å²) in [6.07, 6.45) is -6.11. The van der Waals surface area contributed by atoms with Gasteiger partial charge in [-0.25, -0.2) is 0 Å². The van der Waals surface area contributed by atoms with Crippen LogP contribution >= 0.6 is 0 Å². The van der Waals surface area contributed by atoms with E-state index in [4.69, 9.17) is 4.74 Å². The van der Waals surface area contributed by atoms with Crippen LogP contribution in [0.4, 0.5) is 0 Å². The number of hydrogen-bond donors (Lipinski definition) is 4. The van der Waals surface area contributed by atoms with Crippen molar-refractivity contribution in [1.82, 2.24) is 0 Å². The standard InChI is InChI=1S/C11H16O6/c1-11(2)3-4(12)5-6(13)7(14)8(15)9(16)10(5)17-11/h6-9,13-16H,3H2,1-2H3. The van der Waals surface area contributed by atoms with Gasteiger partial charge < -0.3 is 25.2 Å². The second-order valence-electron chi connectivity index (χ2n) is 5.11. The molecule has 6 heteroatoms. The first-order valence-corrected chi connectivity index (χ1v) is 5.43. The third-order valence-electron chi connectivity index (χ3n) is 3.10. The highest BCUT2D eigenvalue weighted by molar-refractivity contribution is 5.98. The highest BCUT2D eigenvalue weighted by atomic mass is 16.5. The van der Waals surface area contributed by atoms with E-state index in [9.17, 15) is 25.2 Å². The van der Waals surface area contributed by atoms with Crippen LogP contribution in [0, 0.1) is 0 Å². The molecule has 0 aromatic carbocycles. The highest BCUT2D eigenvalue weighted by Gasteiger charge is 2.49. The third-order valence-corrected chi connectivity index (χ3v) is 3.10. The third kappa shape index (κ3) is 1.87. The van der Waals surface area contributed by atoms with E-state index in [1.54, 1.807) is 13.8 Å². The zero-order chi connectivity index (χ0) is 13.0. The van der Waals surface area contributed by atoms with Gasteiger partial charge in [0.15, 0.2) is 5.78 Å². The van der Waals surface area contributed by atoms with Gasteiger partial charge in [0.25, 0.3) is 0 Å². The van der Waals surface area contributed by atoms with Crippen molar-refractivity contribution in [3.05, 3.63) is 11.3 Å². The molecule has 4 N–H and O–H groups in total. The second kappa shape index (κ2) is 3.78. The Morgan fingerprint density at radius 3 is 2.24 bits per heavy atom. The van der Waals surface area contributed by atoms with E-state index in [2.05, 4.69) is 0 Å². The molecule has 0 radical (unpaired) electrons. The SMILES string of the molecule is CC1(C)CC(=O)C2=C(O1)C(O)C(O)C(O)C2O. The number of ketones is 1. The summed E-state index contributed by atoms with van der Waals surface area (Å²) in [4.78, 5) is 11.9. The van der Waals surface area contributed by atoms with Crippen LogP contribution < -0.4 is 0 Å². The molecule has 0 aromatic rings. The Labute approximate surface area is 98.1 Å². The summed E-state index contributed by atoms with van der Waals surface area (Å²) in [5.74, 6) is -0.509. The van der Waals surface area contributed by atoms with Crippen molar-refractivity contribution >= 4 is 5.78 Å². The Balaban J connectivity index is 2.48. The molecule has 4 unspecified atom stereocenters. The molecule has 2 aliphatic rings. The molecule has 0 fully saturated rings. The van der Waals surface area contributed by atoms with Crippen molar-refractivity contribution in [2.24, 2.45) is 0 Å². The Hall–Kier alpha value is -0.950. The van der Waals surface area contributed by atoms with Crippen LogP contribution in [0.15, 0.2) is 11.3 Å². The van der Waals surface area contributed by atoms with E-state index in [0.717, 1.165) is 0 Å². The molecule has 0 bridgehead atoms. The summed E-state index contributed by atoms with van der Waals surface area (Å²) in [7, 11) is 0. The van der Waals surface area contributed by atoms with E-state index >= 15 is 0 Å². The molecule has 1 heterocycles. The van der Waals surface area contributed by atoms with Gasteiger partial charge in [0, 0.05) is 0 Å². The molecule has 17 heavy (non-hydrogen) atoms. The molecule has 2 rings (SSSR count). The van der Waals surface area contributed by atoms with Crippen LogP contribution in [-0.2, 0) is 9.53 Å².